The largest absolute Gasteiger partial charge is 0.457 e. The highest BCUT2D eigenvalue weighted by atomic mass is 16.5. The molecule has 0 radical (unpaired) electrons. The smallest absolute Gasteiger partial charge is 0.137 e. The number of hydrogen-bond donors (Lipinski definition) is 0. The van der Waals surface area contributed by atoms with Gasteiger partial charge in [-0.3, -0.25) is 4.57 Å². The molecular weight excluding hydrogens is 673 g/mol. The molecule has 7 rings (SSSR count). The van der Waals surface area contributed by atoms with Crippen molar-refractivity contribution in [3.8, 4) is 23.0 Å². The third kappa shape index (κ3) is 7.28. The molecule has 3 atom stereocenters. The van der Waals surface area contributed by atoms with Crippen molar-refractivity contribution in [3.63, 3.8) is 0 Å². The lowest BCUT2D eigenvalue weighted by Gasteiger charge is -2.49. The molecule has 0 aliphatic heterocycles. The molecule has 1 aliphatic carbocycles. The van der Waals surface area contributed by atoms with Crippen molar-refractivity contribution < 1.29 is 4.74 Å². The van der Waals surface area contributed by atoms with Gasteiger partial charge in [0.25, 0.3) is 0 Å². The predicted molar refractivity (Wildman–Crippen MR) is 231 cm³/mol. The van der Waals surface area contributed by atoms with Crippen molar-refractivity contribution in [1.29, 1.82) is 0 Å². The third-order valence-electron chi connectivity index (χ3n) is 12.2. The fraction of sp³-hybridized carbons (Fsp3) is 0.440. The van der Waals surface area contributed by atoms with E-state index >= 15 is 0 Å². The lowest BCUT2D eigenvalue weighted by atomic mass is 9.55. The van der Waals surface area contributed by atoms with Gasteiger partial charge < -0.3 is 4.74 Å². The van der Waals surface area contributed by atoms with Crippen molar-refractivity contribution in [2.24, 2.45) is 28.1 Å². The van der Waals surface area contributed by atoms with Crippen LogP contribution < -0.4 is 4.74 Å². The van der Waals surface area contributed by atoms with E-state index in [-0.39, 0.29) is 22.2 Å². The average molecular weight is 735 g/mol. The molecule has 0 spiro atoms. The van der Waals surface area contributed by atoms with Crippen LogP contribution in [0.4, 0.5) is 0 Å². The summed E-state index contributed by atoms with van der Waals surface area (Å²) in [5.41, 5.74) is 11.2. The Morgan fingerprint density at radius 2 is 1.45 bits per heavy atom. The molecule has 0 saturated carbocycles. The molecule has 55 heavy (non-hydrogen) atoms. The van der Waals surface area contributed by atoms with Crippen molar-refractivity contribution in [1.82, 2.24) is 19.3 Å². The van der Waals surface area contributed by atoms with Crippen LogP contribution >= 0.6 is 0 Å². The maximum absolute atomic E-state index is 6.83. The Bertz CT molecular complexity index is 2420. The highest BCUT2D eigenvalue weighted by molar-refractivity contribution is 6.09. The van der Waals surface area contributed by atoms with Gasteiger partial charge >= 0.3 is 0 Å². The van der Waals surface area contributed by atoms with E-state index in [1.807, 2.05) is 12.3 Å². The van der Waals surface area contributed by atoms with Gasteiger partial charge in [-0.25, -0.2) is 9.67 Å². The second-order valence-corrected chi connectivity index (χ2v) is 19.8. The molecule has 3 aromatic carbocycles. The summed E-state index contributed by atoms with van der Waals surface area (Å²) in [7, 11) is 0. The molecule has 0 bridgehead atoms. The van der Waals surface area contributed by atoms with E-state index in [1.165, 1.54) is 39.6 Å². The highest BCUT2D eigenvalue weighted by Crippen LogP contribution is 2.57. The van der Waals surface area contributed by atoms with E-state index in [0.717, 1.165) is 39.7 Å². The van der Waals surface area contributed by atoms with Crippen LogP contribution in [0.5, 0.6) is 11.5 Å². The Labute approximate surface area is 329 Å². The summed E-state index contributed by atoms with van der Waals surface area (Å²) in [5, 5.41) is 7.72. The van der Waals surface area contributed by atoms with Gasteiger partial charge in [-0.15, -0.1) is 0 Å². The zero-order valence-corrected chi connectivity index (χ0v) is 35.8. The Hall–Kier alpha value is -4.64. The first-order valence-electron chi connectivity index (χ1n) is 20.3. The van der Waals surface area contributed by atoms with Gasteiger partial charge in [0.15, 0.2) is 0 Å². The van der Waals surface area contributed by atoms with Gasteiger partial charge in [0, 0.05) is 46.3 Å². The number of pyridine rings is 1. The Morgan fingerprint density at radius 3 is 2.11 bits per heavy atom. The number of benzene rings is 3. The maximum Gasteiger partial charge on any atom is 0.137 e. The SMILES string of the molecule is Cc1ccnc(-n2c3ccccc3c3ccc(Oc4cc(C(C)C)cc(-n5nc(C)c(C6C(C(C)(C)C)=C[C@H](C(C)(C)C)C[C@@H]6C(C)(C)C)c5C)c4)cc32)c1. The molecule has 0 amide bonds. The van der Waals surface area contributed by atoms with Crippen molar-refractivity contribution in [3.05, 3.63) is 119 Å². The number of nitrogens with zero attached hydrogens (tertiary/aromatic N) is 4. The van der Waals surface area contributed by atoms with E-state index in [9.17, 15) is 0 Å². The third-order valence-corrected chi connectivity index (χ3v) is 12.2. The minimum Gasteiger partial charge on any atom is -0.457 e. The minimum absolute atomic E-state index is 0.0276. The summed E-state index contributed by atoms with van der Waals surface area (Å²) in [6.45, 7) is 32.8. The minimum atomic E-state index is 0.0276. The number of aryl methyl sites for hydroxylation is 2. The summed E-state index contributed by atoms with van der Waals surface area (Å²) >= 11 is 0. The molecule has 3 aromatic heterocycles. The van der Waals surface area contributed by atoms with Gasteiger partial charge in [-0.2, -0.15) is 5.10 Å². The fourth-order valence-electron chi connectivity index (χ4n) is 9.06. The number of hydrogen-bond acceptors (Lipinski definition) is 3. The first-order chi connectivity index (χ1) is 25.7. The summed E-state index contributed by atoms with van der Waals surface area (Å²) in [6.07, 6.45) is 5.71. The summed E-state index contributed by atoms with van der Waals surface area (Å²) in [5.74, 6) is 4.09. The van der Waals surface area contributed by atoms with E-state index < -0.39 is 0 Å². The topological polar surface area (TPSA) is 44.9 Å². The lowest BCUT2D eigenvalue weighted by molar-refractivity contribution is 0.120. The van der Waals surface area contributed by atoms with E-state index in [0.29, 0.717) is 17.8 Å². The number of rotatable bonds is 6. The van der Waals surface area contributed by atoms with E-state index in [2.05, 4.69) is 179 Å². The number of para-hydroxylation sites is 1. The maximum atomic E-state index is 6.83. The van der Waals surface area contributed by atoms with Gasteiger partial charge in [0.2, 0.25) is 0 Å². The summed E-state index contributed by atoms with van der Waals surface area (Å²) < 4.78 is 11.3. The Kier molecular flexibility index (Phi) is 9.71. The number of allylic oxidation sites excluding steroid dienone is 2. The zero-order chi connectivity index (χ0) is 39.8. The van der Waals surface area contributed by atoms with Crippen LogP contribution in [-0.4, -0.2) is 19.3 Å². The Balaban J connectivity index is 1.34. The first kappa shape index (κ1) is 38.6. The number of ether oxygens (including phenoxy) is 1. The van der Waals surface area contributed by atoms with Crippen LogP contribution in [0.3, 0.4) is 0 Å². The molecule has 0 saturated heterocycles. The molecule has 3 heterocycles. The normalized spacial score (nSPS) is 18.4. The zero-order valence-electron chi connectivity index (χ0n) is 35.8. The molecule has 1 unspecified atom stereocenters. The molecule has 288 valence electrons. The van der Waals surface area contributed by atoms with Crippen LogP contribution in [0.25, 0.3) is 33.3 Å². The average Bonchev–Trinajstić information content (AvgIpc) is 3.58. The van der Waals surface area contributed by atoms with Crippen LogP contribution in [0.1, 0.15) is 122 Å². The molecular formula is C50H62N4O. The van der Waals surface area contributed by atoms with Crippen molar-refractivity contribution in [2.75, 3.05) is 0 Å². The van der Waals surface area contributed by atoms with Crippen LogP contribution in [0, 0.1) is 48.9 Å². The first-order valence-corrected chi connectivity index (χ1v) is 20.3. The highest BCUT2D eigenvalue weighted by Gasteiger charge is 2.46. The van der Waals surface area contributed by atoms with E-state index in [1.54, 1.807) is 5.57 Å². The Morgan fingerprint density at radius 1 is 0.745 bits per heavy atom. The molecule has 5 heteroatoms. The standard InChI is InChI=1S/C50H62N4O/c1-30(2)34-24-36(54-33(5)46(32(4)52-54)47-41(49(9,10)11)26-35(48(6,7)8)27-42(47)50(12,13)14)28-38(25-34)55-37-19-20-40-39-17-15-16-18-43(39)53(44(40)29-37)45-23-31(3)21-22-51-45/h15-26,28-30,35,42,47H,27H2,1-14H3/t35-,42-,47?/m0/s1. The van der Waals surface area contributed by atoms with Gasteiger partial charge in [-0.1, -0.05) is 106 Å². The van der Waals surface area contributed by atoms with Gasteiger partial charge in [0.1, 0.15) is 17.3 Å². The van der Waals surface area contributed by atoms with Gasteiger partial charge in [0.05, 0.1) is 22.4 Å². The monoisotopic (exact) mass is 734 g/mol. The van der Waals surface area contributed by atoms with Crippen LogP contribution in [0.15, 0.2) is 90.6 Å². The van der Waals surface area contributed by atoms with Crippen molar-refractivity contribution in [2.45, 2.75) is 115 Å². The second kappa shape index (κ2) is 13.8. The summed E-state index contributed by atoms with van der Waals surface area (Å²) in [6, 6.07) is 25.8. The van der Waals surface area contributed by atoms with Crippen molar-refractivity contribution >= 4 is 21.8 Å². The quantitative estimate of drug-likeness (QED) is 0.160. The predicted octanol–water partition coefficient (Wildman–Crippen LogP) is 14.0. The van der Waals surface area contributed by atoms with Gasteiger partial charge in [-0.05, 0) is 115 Å². The molecule has 0 fully saturated rings. The lowest BCUT2D eigenvalue weighted by Crippen LogP contribution is -2.39. The second-order valence-electron chi connectivity index (χ2n) is 19.8. The van der Waals surface area contributed by atoms with E-state index in [4.69, 9.17) is 14.8 Å². The molecule has 0 N–H and O–H groups in total. The fourth-order valence-corrected chi connectivity index (χ4v) is 9.06. The summed E-state index contributed by atoms with van der Waals surface area (Å²) in [4.78, 5) is 4.78. The molecule has 6 aromatic rings. The number of fused-ring (bicyclic) bond motifs is 3. The van der Waals surface area contributed by atoms with Crippen LogP contribution in [-0.2, 0) is 0 Å². The molecule has 5 nitrogen and oxygen atoms in total. The van der Waals surface area contributed by atoms with Crippen LogP contribution in [0.2, 0.25) is 0 Å². The molecule has 1 aliphatic rings. The number of aromatic nitrogens is 4.